The molecule has 0 bridgehead atoms. The van der Waals surface area contributed by atoms with Crippen LogP contribution in [-0.4, -0.2) is 64.0 Å². The largest absolute Gasteiger partial charge is 0.490 e. The van der Waals surface area contributed by atoms with Crippen LogP contribution in [0.25, 0.3) is 0 Å². The van der Waals surface area contributed by atoms with Crippen LogP contribution in [0.1, 0.15) is 30.7 Å². The summed E-state index contributed by atoms with van der Waals surface area (Å²) in [6.45, 7) is 4.29. The molecule has 2 saturated heterocycles. The number of halogens is 4. The molecule has 2 fully saturated rings. The first-order valence-electron chi connectivity index (χ1n) is 10.5. The fourth-order valence-electron chi connectivity index (χ4n) is 4.13. The molecule has 0 aliphatic carbocycles. The van der Waals surface area contributed by atoms with Crippen molar-refractivity contribution in [3.05, 3.63) is 40.7 Å². The fraction of sp³-hybridized carbons (Fsp3) is 0.571. The van der Waals surface area contributed by atoms with Gasteiger partial charge in [0, 0.05) is 37.5 Å². The van der Waals surface area contributed by atoms with E-state index in [0.717, 1.165) is 51.9 Å². The van der Waals surface area contributed by atoms with Gasteiger partial charge in [-0.1, -0.05) is 0 Å². The average molecular weight is 492 g/mol. The molecule has 33 heavy (non-hydrogen) atoms. The number of rotatable bonds is 6. The Morgan fingerprint density at radius 2 is 2.03 bits per heavy atom. The molecule has 0 aromatic carbocycles. The molecule has 2 aromatic rings. The summed E-state index contributed by atoms with van der Waals surface area (Å²) in [5.74, 6) is -2.59. The number of piperidine rings is 1. The number of nitrogens with zero attached hydrogens (tertiary/aromatic N) is 3. The summed E-state index contributed by atoms with van der Waals surface area (Å²) >= 11 is 1.71. The number of carboxylic acids is 1. The molecule has 2 aromatic heterocycles. The molecule has 1 atom stereocenters. The molecular formula is C21H25F4N3O4S. The number of aromatic nitrogens is 2. The third-order valence-electron chi connectivity index (χ3n) is 5.82. The van der Waals surface area contributed by atoms with Gasteiger partial charge in [-0.15, -0.1) is 11.3 Å². The molecule has 4 heterocycles. The van der Waals surface area contributed by atoms with Crippen LogP contribution in [0.2, 0.25) is 0 Å². The molecule has 1 spiro atoms. The third-order valence-corrected chi connectivity index (χ3v) is 6.58. The number of hydrogen-bond donors (Lipinski definition) is 1. The molecule has 12 heteroatoms. The van der Waals surface area contributed by atoms with Crippen molar-refractivity contribution >= 4 is 17.3 Å². The molecule has 7 nitrogen and oxygen atoms in total. The maximum Gasteiger partial charge on any atom is 0.490 e. The van der Waals surface area contributed by atoms with E-state index in [1.54, 1.807) is 23.6 Å². The van der Waals surface area contributed by atoms with Gasteiger partial charge in [-0.25, -0.2) is 19.2 Å². The van der Waals surface area contributed by atoms with Gasteiger partial charge in [0.2, 0.25) is 5.88 Å². The van der Waals surface area contributed by atoms with Crippen molar-refractivity contribution in [1.29, 1.82) is 0 Å². The van der Waals surface area contributed by atoms with Crippen LogP contribution in [-0.2, 0) is 16.1 Å². The van der Waals surface area contributed by atoms with Crippen molar-refractivity contribution in [2.45, 2.75) is 44.0 Å². The van der Waals surface area contributed by atoms with E-state index < -0.39 is 18.0 Å². The van der Waals surface area contributed by atoms with E-state index in [1.165, 1.54) is 11.1 Å². The van der Waals surface area contributed by atoms with Gasteiger partial charge in [-0.05, 0) is 43.7 Å². The zero-order valence-electron chi connectivity index (χ0n) is 17.8. The number of hydrogen-bond acceptors (Lipinski definition) is 7. The van der Waals surface area contributed by atoms with Gasteiger partial charge in [0.1, 0.15) is 5.01 Å². The minimum atomic E-state index is -5.08. The Bertz CT molecular complexity index is 890. The number of carbonyl (C=O) groups is 1. The van der Waals surface area contributed by atoms with Crippen molar-refractivity contribution in [3.8, 4) is 5.88 Å². The van der Waals surface area contributed by atoms with Crippen molar-refractivity contribution in [3.63, 3.8) is 0 Å². The number of pyridine rings is 1. The molecule has 0 saturated carbocycles. The SMILES string of the molecule is Fc1cccnc1OCCC1CCOC12CCN(Cc1nccs1)CC2.O=C(O)C(F)(F)F. The van der Waals surface area contributed by atoms with E-state index in [0.29, 0.717) is 12.5 Å². The molecule has 1 N–H and O–H groups in total. The number of aliphatic carboxylic acids is 1. The van der Waals surface area contributed by atoms with Crippen LogP contribution in [0.4, 0.5) is 17.6 Å². The van der Waals surface area contributed by atoms with Crippen LogP contribution in [0, 0.1) is 11.7 Å². The Hall–Kier alpha value is -2.31. The number of carboxylic acid groups (broad SMARTS) is 1. The van der Waals surface area contributed by atoms with Crippen LogP contribution in [0.15, 0.2) is 29.9 Å². The minimum Gasteiger partial charge on any atom is -0.476 e. The Balaban J connectivity index is 0.000000383. The standard InChI is InChI=1S/C19H24FN3O2S.C2HF3O2/c20-16-2-1-7-22-18(16)24-11-3-15-4-12-25-19(15)5-9-23(10-6-19)14-17-21-8-13-26-17;3-2(4,5)1(6)7/h1-2,7-8,13,15H,3-6,9-12,14H2;(H,6,7). The zero-order valence-corrected chi connectivity index (χ0v) is 18.6. The van der Waals surface area contributed by atoms with Gasteiger partial charge >= 0.3 is 12.1 Å². The van der Waals surface area contributed by atoms with Crippen LogP contribution >= 0.6 is 11.3 Å². The van der Waals surface area contributed by atoms with E-state index in [1.807, 2.05) is 11.6 Å². The smallest absolute Gasteiger partial charge is 0.476 e. The highest BCUT2D eigenvalue weighted by Gasteiger charge is 2.45. The average Bonchev–Trinajstić information content (AvgIpc) is 3.41. The topological polar surface area (TPSA) is 84.8 Å². The van der Waals surface area contributed by atoms with Crippen molar-refractivity contribution in [2.24, 2.45) is 5.92 Å². The van der Waals surface area contributed by atoms with Crippen molar-refractivity contribution in [2.75, 3.05) is 26.3 Å². The van der Waals surface area contributed by atoms with Crippen molar-refractivity contribution < 1.29 is 36.9 Å². The number of thiazole rings is 1. The summed E-state index contributed by atoms with van der Waals surface area (Å²) in [5, 5.41) is 10.3. The predicted molar refractivity (Wildman–Crippen MR) is 111 cm³/mol. The van der Waals surface area contributed by atoms with E-state index in [9.17, 15) is 17.6 Å². The second-order valence-electron chi connectivity index (χ2n) is 7.83. The summed E-state index contributed by atoms with van der Waals surface area (Å²) < 4.78 is 57.1. The monoisotopic (exact) mass is 491 g/mol. The van der Waals surface area contributed by atoms with Gasteiger partial charge in [0.05, 0.1) is 18.8 Å². The first-order chi connectivity index (χ1) is 15.7. The lowest BCUT2D eigenvalue weighted by Crippen LogP contribution is -2.47. The quantitative estimate of drug-likeness (QED) is 0.608. The Kier molecular flexibility index (Phi) is 8.60. The summed E-state index contributed by atoms with van der Waals surface area (Å²) in [7, 11) is 0. The first-order valence-corrected chi connectivity index (χ1v) is 11.4. The molecule has 0 amide bonds. The van der Waals surface area contributed by atoms with Gasteiger partial charge in [-0.3, -0.25) is 4.90 Å². The molecule has 1 unspecified atom stereocenters. The highest BCUT2D eigenvalue weighted by Crippen LogP contribution is 2.42. The van der Waals surface area contributed by atoms with Gasteiger partial charge < -0.3 is 14.6 Å². The second-order valence-corrected chi connectivity index (χ2v) is 8.81. The summed E-state index contributed by atoms with van der Waals surface area (Å²) in [5.41, 5.74) is -0.0363. The van der Waals surface area contributed by atoms with Gasteiger partial charge in [-0.2, -0.15) is 13.2 Å². The van der Waals surface area contributed by atoms with Crippen LogP contribution in [0.3, 0.4) is 0 Å². The van der Waals surface area contributed by atoms with E-state index in [2.05, 4.69) is 14.9 Å². The highest BCUT2D eigenvalue weighted by molar-refractivity contribution is 7.09. The zero-order chi connectivity index (χ0) is 23.9. The molecule has 0 radical (unpaired) electrons. The maximum atomic E-state index is 13.6. The molecule has 2 aliphatic rings. The molecular weight excluding hydrogens is 466 g/mol. The number of alkyl halides is 3. The van der Waals surface area contributed by atoms with Crippen LogP contribution in [0.5, 0.6) is 5.88 Å². The predicted octanol–water partition coefficient (Wildman–Crippen LogP) is 4.15. The lowest BCUT2D eigenvalue weighted by atomic mass is 9.78. The lowest BCUT2D eigenvalue weighted by molar-refractivity contribution is -0.192. The van der Waals surface area contributed by atoms with Crippen molar-refractivity contribution in [1.82, 2.24) is 14.9 Å². The molecule has 2 aliphatic heterocycles. The van der Waals surface area contributed by atoms with Gasteiger partial charge in [0.25, 0.3) is 0 Å². The Labute approximate surface area is 192 Å². The fourth-order valence-corrected chi connectivity index (χ4v) is 4.79. The summed E-state index contributed by atoms with van der Waals surface area (Å²) in [6.07, 6.45) is 2.35. The van der Waals surface area contributed by atoms with Crippen LogP contribution < -0.4 is 4.74 Å². The highest BCUT2D eigenvalue weighted by atomic mass is 32.1. The normalized spacial score (nSPS) is 20.3. The molecule has 4 rings (SSSR count). The third kappa shape index (κ3) is 7.08. The van der Waals surface area contributed by atoms with E-state index in [4.69, 9.17) is 19.4 Å². The summed E-state index contributed by atoms with van der Waals surface area (Å²) in [4.78, 5) is 19.7. The van der Waals surface area contributed by atoms with Gasteiger partial charge in [0.15, 0.2) is 5.82 Å². The number of ether oxygens (including phenoxy) is 2. The summed E-state index contributed by atoms with van der Waals surface area (Å²) in [6, 6.07) is 2.95. The minimum absolute atomic E-state index is 0.0363. The Morgan fingerprint density at radius 3 is 2.64 bits per heavy atom. The second kappa shape index (κ2) is 11.2. The first kappa shape index (κ1) is 25.3. The number of likely N-dealkylation sites (tertiary alicyclic amines) is 1. The Morgan fingerprint density at radius 1 is 1.30 bits per heavy atom. The maximum absolute atomic E-state index is 13.6. The molecule has 182 valence electrons. The van der Waals surface area contributed by atoms with E-state index in [-0.39, 0.29) is 11.5 Å². The lowest BCUT2D eigenvalue weighted by Gasteiger charge is -2.42. The van der Waals surface area contributed by atoms with E-state index >= 15 is 0 Å².